The Balaban J connectivity index is 2.01. The highest BCUT2D eigenvalue weighted by molar-refractivity contribution is 9.10. The van der Waals surface area contributed by atoms with Gasteiger partial charge in [-0.05, 0) is 44.4 Å². The molecule has 1 aromatic heterocycles. The van der Waals surface area contributed by atoms with E-state index < -0.39 is 0 Å². The Labute approximate surface area is 164 Å². The molecule has 0 N–H and O–H groups in total. The quantitative estimate of drug-likeness (QED) is 0.567. The maximum Gasteiger partial charge on any atom is 0.261 e. The van der Waals surface area contributed by atoms with Crippen molar-refractivity contribution in [3.8, 4) is 0 Å². The van der Waals surface area contributed by atoms with Crippen molar-refractivity contribution in [2.75, 3.05) is 32.1 Å². The number of thiazole rings is 1. The van der Waals surface area contributed by atoms with E-state index in [0.717, 1.165) is 21.2 Å². The van der Waals surface area contributed by atoms with E-state index in [0.29, 0.717) is 22.3 Å². The molecule has 7 heteroatoms. The van der Waals surface area contributed by atoms with Gasteiger partial charge in [0.1, 0.15) is 0 Å². The Hall–Kier alpha value is -1.47. The number of carbonyl (C=O) groups is 1. The van der Waals surface area contributed by atoms with Gasteiger partial charge in [0.2, 0.25) is 0 Å². The molecule has 1 heterocycles. The summed E-state index contributed by atoms with van der Waals surface area (Å²) < 4.78 is 2.03. The number of benzene rings is 2. The lowest BCUT2D eigenvalue weighted by atomic mass is 10.2. The first-order chi connectivity index (χ1) is 12.0. The van der Waals surface area contributed by atoms with Crippen LogP contribution in [0.1, 0.15) is 10.4 Å². The molecule has 3 aromatic rings. The van der Waals surface area contributed by atoms with Crippen LogP contribution in [0.5, 0.6) is 0 Å². The molecule has 0 saturated carbocycles. The Morgan fingerprint density at radius 1 is 1.20 bits per heavy atom. The normalized spacial score (nSPS) is 11.2. The molecule has 2 aromatic carbocycles. The number of fused-ring (bicyclic) bond motifs is 1. The lowest BCUT2D eigenvalue weighted by Crippen LogP contribution is -2.36. The molecule has 0 aliphatic rings. The SMILES string of the molecule is CN(C)CCN(C(=O)c1ccccc1Cl)c1nc2ccc(Br)cc2s1. The number of aromatic nitrogens is 1. The second-order valence-electron chi connectivity index (χ2n) is 5.85. The van der Waals surface area contributed by atoms with Crippen molar-refractivity contribution in [3.63, 3.8) is 0 Å². The third kappa shape index (κ3) is 4.20. The predicted molar refractivity (Wildman–Crippen MR) is 109 cm³/mol. The van der Waals surface area contributed by atoms with Crippen molar-refractivity contribution in [3.05, 3.63) is 57.5 Å². The topological polar surface area (TPSA) is 36.4 Å². The molecular weight excluding hydrogens is 422 g/mol. The summed E-state index contributed by atoms with van der Waals surface area (Å²) >= 11 is 11.2. The van der Waals surface area contributed by atoms with E-state index in [-0.39, 0.29) is 5.91 Å². The van der Waals surface area contributed by atoms with Crippen molar-refractivity contribution < 1.29 is 4.79 Å². The summed E-state index contributed by atoms with van der Waals surface area (Å²) in [7, 11) is 3.96. The highest BCUT2D eigenvalue weighted by Crippen LogP contribution is 2.32. The molecule has 0 radical (unpaired) electrons. The summed E-state index contributed by atoms with van der Waals surface area (Å²) in [4.78, 5) is 21.5. The first-order valence-electron chi connectivity index (χ1n) is 7.73. The van der Waals surface area contributed by atoms with E-state index in [2.05, 4.69) is 20.9 Å². The van der Waals surface area contributed by atoms with Gasteiger partial charge in [-0.2, -0.15) is 0 Å². The molecule has 0 spiro atoms. The summed E-state index contributed by atoms with van der Waals surface area (Å²) in [5.74, 6) is -0.134. The molecule has 0 aliphatic heterocycles. The second kappa shape index (κ2) is 7.83. The number of hydrogen-bond acceptors (Lipinski definition) is 4. The number of amides is 1. The van der Waals surface area contributed by atoms with Crippen LogP contribution in [0, 0.1) is 0 Å². The zero-order chi connectivity index (χ0) is 18.0. The molecular formula is C18H17BrClN3OS. The van der Waals surface area contributed by atoms with E-state index in [1.165, 1.54) is 11.3 Å². The lowest BCUT2D eigenvalue weighted by molar-refractivity contribution is 0.0985. The molecule has 4 nitrogen and oxygen atoms in total. The summed E-state index contributed by atoms with van der Waals surface area (Å²) in [6, 6.07) is 13.0. The zero-order valence-corrected chi connectivity index (χ0v) is 17.0. The van der Waals surface area contributed by atoms with Crippen LogP contribution >= 0.6 is 38.9 Å². The molecule has 0 aliphatic carbocycles. The van der Waals surface area contributed by atoms with Gasteiger partial charge >= 0.3 is 0 Å². The highest BCUT2D eigenvalue weighted by atomic mass is 79.9. The number of nitrogens with zero attached hydrogens (tertiary/aromatic N) is 3. The van der Waals surface area contributed by atoms with Crippen molar-refractivity contribution in [1.29, 1.82) is 0 Å². The van der Waals surface area contributed by atoms with Crippen LogP contribution in [0.2, 0.25) is 5.02 Å². The Bertz CT molecular complexity index is 912. The average Bonchev–Trinajstić information content (AvgIpc) is 2.97. The number of anilines is 1. The second-order valence-corrected chi connectivity index (χ2v) is 8.18. The number of hydrogen-bond donors (Lipinski definition) is 0. The maximum absolute atomic E-state index is 13.1. The molecule has 0 saturated heterocycles. The van der Waals surface area contributed by atoms with Gasteiger partial charge in [0.25, 0.3) is 5.91 Å². The zero-order valence-electron chi connectivity index (χ0n) is 13.9. The van der Waals surface area contributed by atoms with Crippen LogP contribution in [0.3, 0.4) is 0 Å². The van der Waals surface area contributed by atoms with Gasteiger partial charge in [0.05, 0.1) is 20.8 Å². The van der Waals surface area contributed by atoms with Crippen LogP contribution in [0.25, 0.3) is 10.2 Å². The molecule has 0 bridgehead atoms. The van der Waals surface area contributed by atoms with Crippen molar-refractivity contribution in [1.82, 2.24) is 9.88 Å². The molecule has 0 fully saturated rings. The van der Waals surface area contributed by atoms with E-state index in [1.807, 2.05) is 49.3 Å². The molecule has 0 unspecified atom stereocenters. The predicted octanol–water partition coefficient (Wildman–Crippen LogP) is 4.92. The fraction of sp³-hybridized carbons (Fsp3) is 0.222. The van der Waals surface area contributed by atoms with E-state index in [1.54, 1.807) is 17.0 Å². The van der Waals surface area contributed by atoms with Gasteiger partial charge in [0.15, 0.2) is 5.13 Å². The van der Waals surface area contributed by atoms with Crippen LogP contribution in [0.15, 0.2) is 46.9 Å². The van der Waals surface area contributed by atoms with Gasteiger partial charge in [-0.1, -0.05) is 51.0 Å². The monoisotopic (exact) mass is 437 g/mol. The van der Waals surface area contributed by atoms with Gasteiger partial charge in [0, 0.05) is 17.6 Å². The van der Waals surface area contributed by atoms with Crippen molar-refractivity contribution in [2.45, 2.75) is 0 Å². The smallest absolute Gasteiger partial charge is 0.261 e. The number of carbonyl (C=O) groups excluding carboxylic acids is 1. The molecule has 130 valence electrons. The average molecular weight is 439 g/mol. The minimum absolute atomic E-state index is 0.134. The van der Waals surface area contributed by atoms with E-state index in [9.17, 15) is 4.79 Å². The largest absolute Gasteiger partial charge is 0.308 e. The fourth-order valence-electron chi connectivity index (χ4n) is 2.37. The van der Waals surface area contributed by atoms with Crippen LogP contribution in [-0.2, 0) is 0 Å². The van der Waals surface area contributed by atoms with Gasteiger partial charge in [-0.3, -0.25) is 9.69 Å². The Morgan fingerprint density at radius 2 is 1.96 bits per heavy atom. The molecule has 25 heavy (non-hydrogen) atoms. The standard InChI is InChI=1S/C18H17BrClN3OS/c1-22(2)9-10-23(17(24)13-5-3-4-6-14(13)20)18-21-15-8-7-12(19)11-16(15)25-18/h3-8,11H,9-10H2,1-2H3. The Kier molecular flexibility index (Phi) is 5.74. The third-order valence-corrected chi connectivity index (χ3v) is 5.55. The van der Waals surface area contributed by atoms with E-state index in [4.69, 9.17) is 11.6 Å². The lowest BCUT2D eigenvalue weighted by Gasteiger charge is -2.22. The van der Waals surface area contributed by atoms with Crippen molar-refractivity contribution >= 4 is 60.1 Å². The van der Waals surface area contributed by atoms with Crippen LogP contribution in [-0.4, -0.2) is 43.0 Å². The van der Waals surface area contributed by atoms with Crippen LogP contribution < -0.4 is 4.90 Å². The van der Waals surface area contributed by atoms with E-state index >= 15 is 0 Å². The Morgan fingerprint density at radius 3 is 2.68 bits per heavy atom. The summed E-state index contributed by atoms with van der Waals surface area (Å²) in [6.07, 6.45) is 0. The van der Waals surface area contributed by atoms with Crippen LogP contribution in [0.4, 0.5) is 5.13 Å². The van der Waals surface area contributed by atoms with Gasteiger partial charge in [-0.15, -0.1) is 0 Å². The first-order valence-corrected chi connectivity index (χ1v) is 9.71. The van der Waals surface area contributed by atoms with Gasteiger partial charge < -0.3 is 4.90 Å². The third-order valence-electron chi connectivity index (χ3n) is 3.69. The summed E-state index contributed by atoms with van der Waals surface area (Å²) in [5.41, 5.74) is 1.37. The first kappa shape index (κ1) is 18.3. The van der Waals surface area contributed by atoms with Gasteiger partial charge in [-0.25, -0.2) is 4.98 Å². The molecule has 3 rings (SSSR count). The molecule has 1 amide bonds. The number of likely N-dealkylation sites (N-methyl/N-ethyl adjacent to an activating group) is 1. The minimum atomic E-state index is -0.134. The maximum atomic E-state index is 13.1. The van der Waals surface area contributed by atoms with Crippen molar-refractivity contribution in [2.24, 2.45) is 0 Å². The minimum Gasteiger partial charge on any atom is -0.308 e. The highest BCUT2D eigenvalue weighted by Gasteiger charge is 2.23. The fourth-order valence-corrected chi connectivity index (χ4v) is 4.12. The summed E-state index contributed by atoms with van der Waals surface area (Å²) in [5, 5.41) is 1.13. The number of rotatable bonds is 5. The molecule has 0 atom stereocenters. The summed E-state index contributed by atoms with van der Waals surface area (Å²) in [6.45, 7) is 1.27. The number of halogens is 2.